The first kappa shape index (κ1) is 24.2. The van der Waals surface area contributed by atoms with E-state index in [1.165, 1.54) is 9.87 Å². The van der Waals surface area contributed by atoms with Crippen molar-refractivity contribution in [2.24, 2.45) is 0 Å². The smallest absolute Gasteiger partial charge is 0.243 e. The van der Waals surface area contributed by atoms with Crippen molar-refractivity contribution in [3.05, 3.63) is 64.7 Å². The fourth-order valence-electron chi connectivity index (χ4n) is 3.86. The van der Waals surface area contributed by atoms with Crippen LogP contribution in [-0.4, -0.2) is 57.8 Å². The zero-order valence-electron chi connectivity index (χ0n) is 19.3. The summed E-state index contributed by atoms with van der Waals surface area (Å²) in [7, 11) is -3.64. The Morgan fingerprint density at radius 2 is 1.78 bits per heavy atom. The summed E-state index contributed by atoms with van der Waals surface area (Å²) in [5, 5.41) is 2.90. The monoisotopic (exact) mass is 459 g/mol. The van der Waals surface area contributed by atoms with E-state index >= 15 is 0 Å². The Balaban J connectivity index is 1.67. The second-order valence-corrected chi connectivity index (χ2v) is 10.3. The van der Waals surface area contributed by atoms with Crippen LogP contribution in [-0.2, 0) is 32.6 Å². The summed E-state index contributed by atoms with van der Waals surface area (Å²) in [4.78, 5) is 15.2. The van der Waals surface area contributed by atoms with Crippen LogP contribution in [0.5, 0.6) is 0 Å². The second-order valence-electron chi connectivity index (χ2n) is 8.43. The lowest BCUT2D eigenvalue weighted by Crippen LogP contribution is -2.47. The Kier molecular flexibility index (Phi) is 7.92. The minimum Gasteiger partial charge on any atom is -0.379 e. The van der Waals surface area contributed by atoms with E-state index in [4.69, 9.17) is 4.74 Å². The molecule has 1 aliphatic heterocycles. The molecule has 1 atom stereocenters. The van der Waals surface area contributed by atoms with Gasteiger partial charge in [0.1, 0.15) is 6.04 Å². The van der Waals surface area contributed by atoms with E-state index in [0.29, 0.717) is 12.2 Å². The van der Waals surface area contributed by atoms with E-state index in [1.807, 2.05) is 32.0 Å². The van der Waals surface area contributed by atoms with E-state index in [-0.39, 0.29) is 5.91 Å². The lowest BCUT2D eigenvalue weighted by atomic mass is 10.1. The molecule has 0 spiro atoms. The summed E-state index contributed by atoms with van der Waals surface area (Å²) < 4.78 is 31.6. The number of carbonyl (C=O) groups excluding carboxylic acids is 1. The van der Waals surface area contributed by atoms with Crippen molar-refractivity contribution in [3.63, 3.8) is 0 Å². The molecule has 1 aliphatic rings. The third-order valence-electron chi connectivity index (χ3n) is 5.80. The van der Waals surface area contributed by atoms with E-state index in [2.05, 4.69) is 22.3 Å². The maximum absolute atomic E-state index is 12.9. The number of morpholine rings is 1. The molecule has 0 bridgehead atoms. The molecule has 0 aliphatic carbocycles. The summed E-state index contributed by atoms with van der Waals surface area (Å²) in [6.45, 7) is 10.0. The van der Waals surface area contributed by atoms with Gasteiger partial charge in [0.05, 0.1) is 25.2 Å². The van der Waals surface area contributed by atoms with Gasteiger partial charge in [-0.3, -0.25) is 14.0 Å². The number of amides is 1. The molecule has 1 amide bonds. The minimum absolute atomic E-state index is 0.338. The summed E-state index contributed by atoms with van der Waals surface area (Å²) in [6, 6.07) is 12.6. The third-order valence-corrected chi connectivity index (χ3v) is 7.04. The lowest BCUT2D eigenvalue weighted by Gasteiger charge is -2.29. The highest BCUT2D eigenvalue weighted by atomic mass is 32.2. The largest absolute Gasteiger partial charge is 0.379 e. The number of hydrogen-bond acceptors (Lipinski definition) is 5. The van der Waals surface area contributed by atoms with Gasteiger partial charge in [-0.2, -0.15) is 0 Å². The molecular weight excluding hydrogens is 426 g/mol. The maximum atomic E-state index is 12.9. The predicted molar refractivity (Wildman–Crippen MR) is 127 cm³/mol. The zero-order chi connectivity index (χ0) is 23.3. The maximum Gasteiger partial charge on any atom is 0.243 e. The van der Waals surface area contributed by atoms with Crippen LogP contribution in [0.3, 0.4) is 0 Å². The molecule has 3 rings (SSSR count). The van der Waals surface area contributed by atoms with Gasteiger partial charge in [-0.1, -0.05) is 30.3 Å². The molecule has 2 aromatic carbocycles. The van der Waals surface area contributed by atoms with Gasteiger partial charge in [0.25, 0.3) is 0 Å². The number of hydrogen-bond donors (Lipinski definition) is 1. The highest BCUT2D eigenvalue weighted by Gasteiger charge is 2.29. The van der Waals surface area contributed by atoms with Crippen molar-refractivity contribution in [2.75, 3.05) is 36.9 Å². The van der Waals surface area contributed by atoms with Gasteiger partial charge in [0.2, 0.25) is 15.9 Å². The number of sulfonamides is 1. The van der Waals surface area contributed by atoms with Gasteiger partial charge < -0.3 is 10.1 Å². The minimum atomic E-state index is -3.64. The van der Waals surface area contributed by atoms with Gasteiger partial charge in [-0.15, -0.1) is 0 Å². The van der Waals surface area contributed by atoms with E-state index in [0.717, 1.165) is 55.8 Å². The number of ether oxygens (including phenoxy) is 1. The van der Waals surface area contributed by atoms with Gasteiger partial charge in [0, 0.05) is 26.2 Å². The molecule has 1 heterocycles. The van der Waals surface area contributed by atoms with Crippen molar-refractivity contribution in [3.8, 4) is 0 Å². The van der Waals surface area contributed by atoms with Crippen LogP contribution < -0.4 is 9.62 Å². The van der Waals surface area contributed by atoms with Crippen molar-refractivity contribution < 1.29 is 17.9 Å². The quantitative estimate of drug-likeness (QED) is 0.657. The molecule has 1 N–H and O–H groups in total. The summed E-state index contributed by atoms with van der Waals surface area (Å²) in [5.74, 6) is -0.341. The Hall–Kier alpha value is -2.42. The third kappa shape index (κ3) is 6.31. The second kappa shape index (κ2) is 10.5. The van der Waals surface area contributed by atoms with Crippen molar-refractivity contribution in [1.82, 2.24) is 10.2 Å². The van der Waals surface area contributed by atoms with Crippen LogP contribution in [0.1, 0.15) is 29.2 Å². The Morgan fingerprint density at radius 1 is 1.09 bits per heavy atom. The number of anilines is 1. The predicted octanol–water partition coefficient (Wildman–Crippen LogP) is 2.61. The normalized spacial score (nSPS) is 15.9. The van der Waals surface area contributed by atoms with Gasteiger partial charge >= 0.3 is 0 Å². The van der Waals surface area contributed by atoms with Crippen LogP contribution in [0.25, 0.3) is 0 Å². The van der Waals surface area contributed by atoms with Gasteiger partial charge in [-0.05, 0) is 55.2 Å². The molecule has 0 aromatic heterocycles. The van der Waals surface area contributed by atoms with E-state index in [1.54, 1.807) is 19.1 Å². The summed E-state index contributed by atoms with van der Waals surface area (Å²) >= 11 is 0. The topological polar surface area (TPSA) is 79.0 Å². The van der Waals surface area contributed by atoms with E-state index in [9.17, 15) is 13.2 Å². The lowest BCUT2D eigenvalue weighted by molar-refractivity contribution is -0.122. The van der Waals surface area contributed by atoms with Gasteiger partial charge in [0.15, 0.2) is 0 Å². The summed E-state index contributed by atoms with van der Waals surface area (Å²) in [5.41, 5.74) is 4.69. The number of aryl methyl sites for hydroxylation is 2. The average molecular weight is 460 g/mol. The SMILES string of the molecule is Cc1ccc(N([C@@H](C)C(=O)NCc2cccc(CN3CCOCC3)c2)S(C)(=O)=O)cc1C. The van der Waals surface area contributed by atoms with Crippen molar-refractivity contribution in [1.29, 1.82) is 0 Å². The number of carbonyl (C=O) groups is 1. The zero-order valence-corrected chi connectivity index (χ0v) is 20.1. The fraction of sp³-hybridized carbons (Fsp3) is 0.458. The Labute approximate surface area is 191 Å². The molecule has 0 saturated carbocycles. The Bertz CT molecular complexity index is 1050. The molecule has 32 heavy (non-hydrogen) atoms. The molecule has 0 unspecified atom stereocenters. The van der Waals surface area contributed by atoms with Gasteiger partial charge in [-0.25, -0.2) is 8.42 Å². The van der Waals surface area contributed by atoms with Crippen LogP contribution >= 0.6 is 0 Å². The van der Waals surface area contributed by atoms with Crippen molar-refractivity contribution in [2.45, 2.75) is 39.9 Å². The first-order valence-electron chi connectivity index (χ1n) is 10.9. The molecule has 7 nitrogen and oxygen atoms in total. The van der Waals surface area contributed by atoms with Crippen LogP contribution in [0.15, 0.2) is 42.5 Å². The highest BCUT2D eigenvalue weighted by Crippen LogP contribution is 2.24. The molecule has 8 heteroatoms. The van der Waals surface area contributed by atoms with Crippen molar-refractivity contribution >= 4 is 21.6 Å². The van der Waals surface area contributed by atoms with E-state index < -0.39 is 16.1 Å². The molecule has 1 fully saturated rings. The van der Waals surface area contributed by atoms with Crippen LogP contribution in [0, 0.1) is 13.8 Å². The molecule has 0 radical (unpaired) electrons. The average Bonchev–Trinajstić information content (AvgIpc) is 2.74. The standard InChI is InChI=1S/C24H33N3O4S/c1-18-8-9-23(14-19(18)2)27(32(4,29)30)20(3)24(28)25-16-21-6-5-7-22(15-21)17-26-10-12-31-13-11-26/h5-9,14-15,20H,10-13,16-17H2,1-4H3,(H,25,28)/t20-/m0/s1. The molecule has 174 valence electrons. The summed E-state index contributed by atoms with van der Waals surface area (Å²) in [6.07, 6.45) is 1.13. The molecular formula is C24H33N3O4S. The first-order chi connectivity index (χ1) is 15.1. The first-order valence-corrected chi connectivity index (χ1v) is 12.7. The number of nitrogens with zero attached hydrogens (tertiary/aromatic N) is 2. The highest BCUT2D eigenvalue weighted by molar-refractivity contribution is 7.92. The Morgan fingerprint density at radius 3 is 2.44 bits per heavy atom. The molecule has 1 saturated heterocycles. The number of rotatable bonds is 8. The number of nitrogens with one attached hydrogen (secondary N) is 1. The van der Waals surface area contributed by atoms with Crippen LogP contribution in [0.4, 0.5) is 5.69 Å². The molecule has 2 aromatic rings. The number of benzene rings is 2. The van der Waals surface area contributed by atoms with Crippen LogP contribution in [0.2, 0.25) is 0 Å². The fourth-order valence-corrected chi connectivity index (χ4v) is 5.03.